The summed E-state index contributed by atoms with van der Waals surface area (Å²) >= 11 is 1.36. The van der Waals surface area contributed by atoms with Crippen molar-refractivity contribution in [1.29, 1.82) is 0 Å². The Hall–Kier alpha value is -1.12. The summed E-state index contributed by atoms with van der Waals surface area (Å²) < 4.78 is 26.7. The molecule has 3 rings (SSSR count). The molecule has 8 heteroatoms. The van der Waals surface area contributed by atoms with Gasteiger partial charge in [0.1, 0.15) is 4.90 Å². The number of sulfonamides is 1. The van der Waals surface area contributed by atoms with Crippen molar-refractivity contribution in [2.24, 2.45) is 0 Å². The van der Waals surface area contributed by atoms with Crippen molar-refractivity contribution in [2.45, 2.75) is 55.0 Å². The molecule has 0 radical (unpaired) electrons. The molecule has 0 N–H and O–H groups in total. The van der Waals surface area contributed by atoms with Crippen LogP contribution in [-0.2, 0) is 14.8 Å². The predicted molar refractivity (Wildman–Crippen MR) is 98.0 cm³/mol. The summed E-state index contributed by atoms with van der Waals surface area (Å²) in [6.45, 7) is 3.91. The van der Waals surface area contributed by atoms with Crippen LogP contribution in [-0.4, -0.2) is 59.9 Å². The summed E-state index contributed by atoms with van der Waals surface area (Å²) in [6.07, 6.45) is 6.53. The average molecular weight is 384 g/mol. The van der Waals surface area contributed by atoms with E-state index in [2.05, 4.69) is 4.98 Å². The Balaban J connectivity index is 1.59. The van der Waals surface area contributed by atoms with E-state index in [1.165, 1.54) is 18.0 Å². The van der Waals surface area contributed by atoms with Gasteiger partial charge in [-0.15, -0.1) is 0 Å². The lowest BCUT2D eigenvalue weighted by Crippen LogP contribution is -2.35. The lowest BCUT2D eigenvalue weighted by atomic mass is 10.2. The zero-order chi connectivity index (χ0) is 17.9. The fraction of sp³-hybridized carbons (Fsp3) is 0.647. The van der Waals surface area contributed by atoms with Gasteiger partial charge < -0.3 is 4.90 Å². The number of hydrogen-bond acceptors (Lipinski definition) is 5. The third-order valence-corrected chi connectivity index (χ3v) is 7.46. The van der Waals surface area contributed by atoms with E-state index in [0.29, 0.717) is 29.9 Å². The Morgan fingerprint density at radius 3 is 2.56 bits per heavy atom. The van der Waals surface area contributed by atoms with Crippen LogP contribution in [0.15, 0.2) is 28.3 Å². The van der Waals surface area contributed by atoms with Gasteiger partial charge in [0.05, 0.1) is 10.8 Å². The van der Waals surface area contributed by atoms with Crippen LogP contribution in [0.2, 0.25) is 0 Å². The number of carbonyl (C=O) groups is 1. The first kappa shape index (κ1) is 18.7. The number of hydrogen-bond donors (Lipinski definition) is 0. The van der Waals surface area contributed by atoms with Crippen molar-refractivity contribution in [2.75, 3.05) is 25.4 Å². The van der Waals surface area contributed by atoms with Crippen LogP contribution in [0.1, 0.15) is 39.0 Å². The molecule has 2 aliphatic rings. The Labute approximate surface area is 154 Å². The van der Waals surface area contributed by atoms with Crippen molar-refractivity contribution >= 4 is 27.7 Å². The van der Waals surface area contributed by atoms with E-state index >= 15 is 0 Å². The van der Waals surface area contributed by atoms with Gasteiger partial charge in [0.25, 0.3) is 0 Å². The number of rotatable bonds is 7. The lowest BCUT2D eigenvalue weighted by molar-refractivity contribution is -0.128. The van der Waals surface area contributed by atoms with Crippen molar-refractivity contribution in [3.8, 4) is 0 Å². The molecule has 2 heterocycles. The second kappa shape index (κ2) is 8.05. The molecule has 138 valence electrons. The molecule has 1 saturated heterocycles. The van der Waals surface area contributed by atoms with Crippen LogP contribution >= 0.6 is 11.8 Å². The Bertz CT molecular complexity index is 696. The first-order valence-electron chi connectivity index (χ1n) is 8.91. The third-order valence-electron chi connectivity index (χ3n) is 4.65. The first-order valence-corrected chi connectivity index (χ1v) is 11.3. The number of aromatic nitrogens is 1. The molecule has 1 saturated carbocycles. The van der Waals surface area contributed by atoms with E-state index in [1.807, 2.05) is 11.8 Å². The maximum Gasteiger partial charge on any atom is 0.244 e. The van der Waals surface area contributed by atoms with Crippen LogP contribution in [0.4, 0.5) is 0 Å². The summed E-state index contributed by atoms with van der Waals surface area (Å²) in [5.41, 5.74) is 0. The molecule has 25 heavy (non-hydrogen) atoms. The van der Waals surface area contributed by atoms with Crippen LogP contribution in [0.3, 0.4) is 0 Å². The molecule has 2 fully saturated rings. The minimum Gasteiger partial charge on any atom is -0.339 e. The van der Waals surface area contributed by atoms with E-state index in [0.717, 1.165) is 38.6 Å². The molecule has 0 atom stereocenters. The van der Waals surface area contributed by atoms with E-state index in [1.54, 1.807) is 16.4 Å². The van der Waals surface area contributed by atoms with Gasteiger partial charge in [-0.3, -0.25) is 4.79 Å². The molecular formula is C17H25N3O3S2. The van der Waals surface area contributed by atoms with Crippen LogP contribution in [0.5, 0.6) is 0 Å². The lowest BCUT2D eigenvalue weighted by Gasteiger charge is -2.25. The van der Waals surface area contributed by atoms with Crippen molar-refractivity contribution in [1.82, 2.24) is 14.2 Å². The molecule has 1 amide bonds. The number of carbonyl (C=O) groups excluding carboxylic acids is 1. The van der Waals surface area contributed by atoms with E-state index in [4.69, 9.17) is 0 Å². The molecule has 1 aromatic heterocycles. The summed E-state index contributed by atoms with van der Waals surface area (Å²) in [5, 5.41) is 0.679. The van der Waals surface area contributed by atoms with Gasteiger partial charge in [-0.2, -0.15) is 4.31 Å². The molecule has 0 bridgehead atoms. The van der Waals surface area contributed by atoms with Gasteiger partial charge in [-0.05, 0) is 44.7 Å². The second-order valence-electron chi connectivity index (χ2n) is 6.50. The Morgan fingerprint density at radius 2 is 2.00 bits per heavy atom. The number of pyridine rings is 1. The minimum absolute atomic E-state index is 0.127. The monoisotopic (exact) mass is 383 g/mol. The van der Waals surface area contributed by atoms with Crippen molar-refractivity contribution in [3.63, 3.8) is 0 Å². The standard InChI is InChI=1S/C17H25N3O3S2/c1-2-20(14-6-7-14)17(21)13-24-16-9-8-15(12-18-16)25(22,23)19-10-4-3-5-11-19/h8-9,12,14H,2-7,10-11,13H2,1H3. The molecule has 1 aliphatic carbocycles. The third kappa shape index (κ3) is 4.54. The average Bonchev–Trinajstić information content (AvgIpc) is 3.47. The molecule has 0 aromatic carbocycles. The van der Waals surface area contributed by atoms with Crippen molar-refractivity contribution in [3.05, 3.63) is 18.3 Å². The predicted octanol–water partition coefficient (Wildman–Crippen LogP) is 2.36. The SMILES string of the molecule is CCN(C(=O)CSc1ccc(S(=O)(=O)N2CCCCC2)cn1)C1CC1. The Morgan fingerprint density at radius 1 is 1.28 bits per heavy atom. The first-order chi connectivity index (χ1) is 12.0. The van der Waals surface area contributed by atoms with Gasteiger partial charge in [-0.1, -0.05) is 18.2 Å². The molecular weight excluding hydrogens is 358 g/mol. The van der Waals surface area contributed by atoms with Crippen LogP contribution in [0, 0.1) is 0 Å². The highest BCUT2D eigenvalue weighted by atomic mass is 32.2. The van der Waals surface area contributed by atoms with Crippen LogP contribution in [0.25, 0.3) is 0 Å². The highest BCUT2D eigenvalue weighted by molar-refractivity contribution is 7.99. The van der Waals surface area contributed by atoms with E-state index < -0.39 is 10.0 Å². The molecule has 1 aromatic rings. The number of thioether (sulfide) groups is 1. The maximum absolute atomic E-state index is 12.6. The van der Waals surface area contributed by atoms with Gasteiger partial charge >= 0.3 is 0 Å². The molecule has 1 aliphatic heterocycles. The van der Waals surface area contributed by atoms with Gasteiger partial charge in [0, 0.05) is 31.9 Å². The summed E-state index contributed by atoms with van der Waals surface area (Å²) in [7, 11) is -3.44. The highest BCUT2D eigenvalue weighted by Gasteiger charge is 2.31. The fourth-order valence-electron chi connectivity index (χ4n) is 3.10. The van der Waals surface area contributed by atoms with Gasteiger partial charge in [0.15, 0.2) is 0 Å². The fourth-order valence-corrected chi connectivity index (χ4v) is 5.29. The Kier molecular flexibility index (Phi) is 6.01. The summed E-state index contributed by atoms with van der Waals surface area (Å²) in [6, 6.07) is 3.72. The minimum atomic E-state index is -3.44. The van der Waals surface area contributed by atoms with Gasteiger partial charge in [0.2, 0.25) is 15.9 Å². The number of nitrogens with zero attached hydrogens (tertiary/aromatic N) is 3. The zero-order valence-electron chi connectivity index (χ0n) is 14.6. The topological polar surface area (TPSA) is 70.6 Å². The number of amides is 1. The number of piperidine rings is 1. The van der Waals surface area contributed by atoms with Gasteiger partial charge in [-0.25, -0.2) is 13.4 Å². The summed E-state index contributed by atoms with van der Waals surface area (Å²) in [4.78, 5) is 18.6. The maximum atomic E-state index is 12.6. The van der Waals surface area contributed by atoms with Crippen LogP contribution < -0.4 is 0 Å². The van der Waals surface area contributed by atoms with Crippen molar-refractivity contribution < 1.29 is 13.2 Å². The van der Waals surface area contributed by atoms with E-state index in [-0.39, 0.29) is 10.8 Å². The largest absolute Gasteiger partial charge is 0.339 e. The molecule has 0 spiro atoms. The normalized spacial score (nSPS) is 18.9. The zero-order valence-corrected chi connectivity index (χ0v) is 16.2. The quantitative estimate of drug-likeness (QED) is 0.676. The van der Waals surface area contributed by atoms with E-state index in [9.17, 15) is 13.2 Å². The molecule has 0 unspecified atom stereocenters. The smallest absolute Gasteiger partial charge is 0.244 e. The summed E-state index contributed by atoms with van der Waals surface area (Å²) in [5.74, 6) is 0.469. The second-order valence-corrected chi connectivity index (χ2v) is 9.43. The molecule has 6 nitrogen and oxygen atoms in total. The highest BCUT2D eigenvalue weighted by Crippen LogP contribution is 2.28.